The zero-order valence-corrected chi connectivity index (χ0v) is 12.6. The lowest BCUT2D eigenvalue weighted by molar-refractivity contribution is 0.0434. The smallest absolute Gasteiger partial charge is 0.161 e. The quantitative estimate of drug-likeness (QED) is 0.755. The van der Waals surface area contributed by atoms with Gasteiger partial charge in [0.2, 0.25) is 0 Å². The number of rotatable bonds is 6. The number of para-hydroxylation sites is 2. The third-order valence-electron chi connectivity index (χ3n) is 3.04. The van der Waals surface area contributed by atoms with E-state index in [9.17, 15) is 0 Å². The van der Waals surface area contributed by atoms with Crippen molar-refractivity contribution in [3.05, 3.63) is 36.4 Å². The summed E-state index contributed by atoms with van der Waals surface area (Å²) in [5.41, 5.74) is 0. The van der Waals surface area contributed by atoms with Crippen LogP contribution in [0.1, 0.15) is 0 Å². The molecule has 4 nitrogen and oxygen atoms in total. The standard InChI is InChI=1S/C15H21NO3.ClH/c1-17-14-6-2-3-7-15(14)19-11-5-4-8-16-9-12-18-13-10-16;/h2-7H,8-13H2,1H3;1H. The van der Waals surface area contributed by atoms with Gasteiger partial charge in [-0.1, -0.05) is 24.3 Å². The second kappa shape index (κ2) is 9.64. The first-order chi connectivity index (χ1) is 9.40. The van der Waals surface area contributed by atoms with Crippen LogP contribution in [0.5, 0.6) is 11.5 Å². The van der Waals surface area contributed by atoms with Gasteiger partial charge in [-0.2, -0.15) is 0 Å². The minimum absolute atomic E-state index is 0. The molecule has 0 unspecified atom stereocenters. The first-order valence-corrected chi connectivity index (χ1v) is 6.61. The van der Waals surface area contributed by atoms with Crippen molar-refractivity contribution in [2.75, 3.05) is 46.6 Å². The highest BCUT2D eigenvalue weighted by atomic mass is 35.5. The Morgan fingerprint density at radius 3 is 2.55 bits per heavy atom. The van der Waals surface area contributed by atoms with Gasteiger partial charge in [-0.05, 0) is 12.1 Å². The largest absolute Gasteiger partial charge is 0.493 e. The van der Waals surface area contributed by atoms with Crippen LogP contribution in [0.25, 0.3) is 0 Å². The van der Waals surface area contributed by atoms with Crippen LogP contribution in [0.4, 0.5) is 0 Å². The van der Waals surface area contributed by atoms with Crippen LogP contribution in [0.2, 0.25) is 0 Å². The topological polar surface area (TPSA) is 30.9 Å². The Morgan fingerprint density at radius 1 is 1.15 bits per heavy atom. The third-order valence-corrected chi connectivity index (χ3v) is 3.04. The first-order valence-electron chi connectivity index (χ1n) is 6.61. The maximum Gasteiger partial charge on any atom is 0.161 e. The van der Waals surface area contributed by atoms with E-state index in [4.69, 9.17) is 14.2 Å². The molecule has 1 aliphatic heterocycles. The highest BCUT2D eigenvalue weighted by Crippen LogP contribution is 2.25. The average molecular weight is 300 g/mol. The predicted molar refractivity (Wildman–Crippen MR) is 82.1 cm³/mol. The molecule has 1 aromatic carbocycles. The van der Waals surface area contributed by atoms with Gasteiger partial charge in [-0.25, -0.2) is 0 Å². The van der Waals surface area contributed by atoms with Crippen molar-refractivity contribution in [3.63, 3.8) is 0 Å². The normalized spacial score (nSPS) is 15.8. The molecular weight excluding hydrogens is 278 g/mol. The maximum absolute atomic E-state index is 5.66. The number of morpholine rings is 1. The van der Waals surface area contributed by atoms with E-state index in [2.05, 4.69) is 11.0 Å². The van der Waals surface area contributed by atoms with Crippen LogP contribution < -0.4 is 9.47 Å². The van der Waals surface area contributed by atoms with Crippen LogP contribution in [-0.2, 0) is 4.74 Å². The summed E-state index contributed by atoms with van der Waals surface area (Å²) < 4.78 is 16.2. The van der Waals surface area contributed by atoms with E-state index in [1.807, 2.05) is 30.3 Å². The summed E-state index contributed by atoms with van der Waals surface area (Å²) in [5.74, 6) is 1.55. The Morgan fingerprint density at radius 2 is 1.85 bits per heavy atom. The lowest BCUT2D eigenvalue weighted by atomic mass is 10.3. The van der Waals surface area contributed by atoms with E-state index in [0.717, 1.165) is 44.3 Å². The van der Waals surface area contributed by atoms with E-state index in [1.165, 1.54) is 0 Å². The number of nitrogens with zero attached hydrogens (tertiary/aromatic N) is 1. The van der Waals surface area contributed by atoms with Crippen molar-refractivity contribution in [2.45, 2.75) is 0 Å². The van der Waals surface area contributed by atoms with Gasteiger partial charge >= 0.3 is 0 Å². The fourth-order valence-electron chi connectivity index (χ4n) is 1.95. The molecule has 0 amide bonds. The van der Waals surface area contributed by atoms with Gasteiger partial charge in [0.25, 0.3) is 0 Å². The van der Waals surface area contributed by atoms with Gasteiger partial charge in [0.05, 0.1) is 20.3 Å². The van der Waals surface area contributed by atoms with E-state index >= 15 is 0 Å². The molecule has 0 aromatic heterocycles. The number of methoxy groups -OCH3 is 1. The van der Waals surface area contributed by atoms with Crippen molar-refractivity contribution >= 4 is 12.4 Å². The van der Waals surface area contributed by atoms with Crippen molar-refractivity contribution in [1.29, 1.82) is 0 Å². The Bertz CT molecular complexity index is 406. The number of ether oxygens (including phenoxy) is 3. The van der Waals surface area contributed by atoms with E-state index in [-0.39, 0.29) is 12.4 Å². The van der Waals surface area contributed by atoms with Crippen molar-refractivity contribution in [3.8, 4) is 11.5 Å². The molecule has 5 heteroatoms. The average Bonchev–Trinajstić information content (AvgIpc) is 2.48. The van der Waals surface area contributed by atoms with E-state index in [1.54, 1.807) is 7.11 Å². The molecule has 0 aliphatic carbocycles. The molecule has 0 N–H and O–H groups in total. The molecule has 1 heterocycles. The summed E-state index contributed by atoms with van der Waals surface area (Å²) >= 11 is 0. The van der Waals surface area contributed by atoms with Gasteiger partial charge < -0.3 is 14.2 Å². The molecule has 20 heavy (non-hydrogen) atoms. The lowest BCUT2D eigenvalue weighted by Gasteiger charge is -2.25. The fraction of sp³-hybridized carbons (Fsp3) is 0.467. The van der Waals surface area contributed by atoms with Crippen molar-refractivity contribution < 1.29 is 14.2 Å². The molecule has 0 spiro atoms. The van der Waals surface area contributed by atoms with Crippen LogP contribution in [-0.4, -0.2) is 51.5 Å². The first kappa shape index (κ1) is 16.8. The molecule has 0 atom stereocenters. The van der Waals surface area contributed by atoms with E-state index < -0.39 is 0 Å². The van der Waals surface area contributed by atoms with Gasteiger partial charge in [-0.15, -0.1) is 12.4 Å². The summed E-state index contributed by atoms with van der Waals surface area (Å²) in [6, 6.07) is 7.68. The lowest BCUT2D eigenvalue weighted by Crippen LogP contribution is -2.36. The summed E-state index contributed by atoms with van der Waals surface area (Å²) in [5, 5.41) is 0. The summed E-state index contributed by atoms with van der Waals surface area (Å²) in [4.78, 5) is 2.36. The molecule has 0 bridgehead atoms. The van der Waals surface area contributed by atoms with E-state index in [0.29, 0.717) is 6.61 Å². The zero-order chi connectivity index (χ0) is 13.3. The maximum atomic E-state index is 5.66. The number of hydrogen-bond donors (Lipinski definition) is 0. The van der Waals surface area contributed by atoms with Crippen molar-refractivity contribution in [1.82, 2.24) is 4.90 Å². The molecule has 0 radical (unpaired) electrons. The van der Waals surface area contributed by atoms with Crippen LogP contribution in [0, 0.1) is 0 Å². The van der Waals surface area contributed by atoms with Gasteiger partial charge in [0, 0.05) is 19.6 Å². The van der Waals surface area contributed by atoms with Gasteiger partial charge in [-0.3, -0.25) is 4.90 Å². The molecule has 0 saturated carbocycles. The molecule has 112 valence electrons. The summed E-state index contributed by atoms with van der Waals surface area (Å²) in [6.45, 7) is 5.22. The minimum atomic E-state index is 0. The van der Waals surface area contributed by atoms with Crippen LogP contribution >= 0.6 is 12.4 Å². The highest BCUT2D eigenvalue weighted by Gasteiger charge is 2.07. The van der Waals surface area contributed by atoms with Gasteiger partial charge in [0.15, 0.2) is 11.5 Å². The Hall–Kier alpha value is -1.23. The third kappa shape index (κ3) is 5.41. The molecule has 2 rings (SSSR count). The Balaban J connectivity index is 0.00000200. The Kier molecular flexibility index (Phi) is 8.11. The molecule has 1 aliphatic rings. The number of benzene rings is 1. The second-order valence-electron chi connectivity index (χ2n) is 4.35. The molecular formula is C15H22ClNO3. The fourth-order valence-corrected chi connectivity index (χ4v) is 1.95. The van der Waals surface area contributed by atoms with Crippen LogP contribution in [0.15, 0.2) is 36.4 Å². The minimum Gasteiger partial charge on any atom is -0.493 e. The predicted octanol–water partition coefficient (Wildman–Crippen LogP) is 2.38. The molecule has 1 saturated heterocycles. The zero-order valence-electron chi connectivity index (χ0n) is 11.8. The van der Waals surface area contributed by atoms with Crippen LogP contribution in [0.3, 0.4) is 0 Å². The second-order valence-corrected chi connectivity index (χ2v) is 4.35. The highest BCUT2D eigenvalue weighted by molar-refractivity contribution is 5.85. The monoisotopic (exact) mass is 299 g/mol. The summed E-state index contributed by atoms with van der Waals surface area (Å²) in [6.07, 6.45) is 4.18. The molecule has 1 aromatic rings. The SMILES string of the molecule is COc1ccccc1OCC=CCN1CCOCC1.Cl. The Labute approximate surface area is 126 Å². The number of hydrogen-bond acceptors (Lipinski definition) is 4. The molecule has 1 fully saturated rings. The summed E-state index contributed by atoms with van der Waals surface area (Å²) in [7, 11) is 1.65. The van der Waals surface area contributed by atoms with Crippen molar-refractivity contribution in [2.24, 2.45) is 0 Å². The number of halogens is 1. The van der Waals surface area contributed by atoms with Gasteiger partial charge in [0.1, 0.15) is 6.61 Å².